The smallest absolute Gasteiger partial charge is 0.170 e. The molecule has 4 aromatic rings. The number of benzene rings is 2. The van der Waals surface area contributed by atoms with Crippen LogP contribution in [0.2, 0.25) is 0 Å². The molecule has 0 aliphatic heterocycles. The lowest BCUT2D eigenvalue weighted by atomic mass is 10.1. The average molecular weight is 379 g/mol. The number of rotatable bonds is 6. The van der Waals surface area contributed by atoms with Crippen LogP contribution < -0.4 is 4.74 Å². The van der Waals surface area contributed by atoms with Crippen molar-refractivity contribution in [3.8, 4) is 11.4 Å². The molecule has 0 unspecified atom stereocenters. The first-order valence-corrected chi connectivity index (χ1v) is 9.46. The van der Waals surface area contributed by atoms with Crippen LogP contribution in [-0.2, 0) is 6.61 Å². The van der Waals surface area contributed by atoms with E-state index in [4.69, 9.17) is 4.74 Å². The second-order valence-electron chi connectivity index (χ2n) is 6.83. The number of aromatic nitrogens is 2. The van der Waals surface area contributed by atoms with Gasteiger partial charge < -0.3 is 4.74 Å². The summed E-state index contributed by atoms with van der Waals surface area (Å²) in [5, 5.41) is 4.53. The van der Waals surface area contributed by atoms with Gasteiger partial charge in [0.2, 0.25) is 0 Å². The zero-order valence-corrected chi connectivity index (χ0v) is 16.5. The summed E-state index contributed by atoms with van der Waals surface area (Å²) in [4.78, 5) is 4.59. The lowest BCUT2D eigenvalue weighted by Gasteiger charge is -2.05. The summed E-state index contributed by atoms with van der Waals surface area (Å²) in [6.07, 6.45) is 1.76. The molecule has 0 spiro atoms. The Labute approximate surface area is 171 Å². The second kappa shape index (κ2) is 8.45. The van der Waals surface area contributed by atoms with Crippen LogP contribution in [0, 0.1) is 26.0 Å². The van der Waals surface area contributed by atoms with Crippen molar-refractivity contribution >= 4 is 12.0 Å². The molecule has 4 heteroatoms. The fourth-order valence-corrected chi connectivity index (χ4v) is 2.98. The maximum atomic E-state index is 5.80. The molecule has 29 heavy (non-hydrogen) atoms. The number of para-hydroxylation sites is 1. The molecule has 0 saturated heterocycles. The van der Waals surface area contributed by atoms with E-state index in [-0.39, 0.29) is 0 Å². The molecule has 3 aromatic carbocycles. The highest BCUT2D eigenvalue weighted by atomic mass is 16.5. The summed E-state index contributed by atoms with van der Waals surface area (Å²) < 4.78 is 7.63. The van der Waals surface area contributed by atoms with Crippen molar-refractivity contribution in [2.24, 2.45) is 4.99 Å². The minimum Gasteiger partial charge on any atom is -0.481 e. The Kier molecular flexibility index (Phi) is 5.40. The van der Waals surface area contributed by atoms with Gasteiger partial charge in [-0.3, -0.25) is 0 Å². The first-order valence-electron chi connectivity index (χ1n) is 9.46. The van der Waals surface area contributed by atoms with Crippen molar-refractivity contribution < 1.29 is 4.74 Å². The third-order valence-corrected chi connectivity index (χ3v) is 4.37. The van der Waals surface area contributed by atoms with Crippen LogP contribution in [0.1, 0.15) is 22.4 Å². The number of aliphatic imine (C=N–C) groups is 1. The SMILES string of the molecule is Cc1cccc(COc2c#cc(C=Nc3cc(C)nn3-c3ccccc3)cc2)c1. The summed E-state index contributed by atoms with van der Waals surface area (Å²) in [7, 11) is 0. The Hall–Kier alpha value is -3.84. The van der Waals surface area contributed by atoms with Crippen LogP contribution in [0.3, 0.4) is 0 Å². The first kappa shape index (κ1) is 18.5. The van der Waals surface area contributed by atoms with E-state index in [0.717, 1.165) is 28.3 Å². The molecule has 0 aliphatic carbocycles. The molecular weight excluding hydrogens is 358 g/mol. The number of hydrogen-bond donors (Lipinski definition) is 0. The van der Waals surface area contributed by atoms with Gasteiger partial charge in [-0.1, -0.05) is 54.1 Å². The van der Waals surface area contributed by atoms with Gasteiger partial charge in [-0.2, -0.15) is 5.10 Å². The van der Waals surface area contributed by atoms with Gasteiger partial charge in [0.25, 0.3) is 0 Å². The zero-order valence-electron chi connectivity index (χ0n) is 16.5. The predicted octanol–water partition coefficient (Wildman–Crippen LogP) is 5.42. The molecule has 0 fully saturated rings. The molecule has 0 radical (unpaired) electrons. The summed E-state index contributed by atoms with van der Waals surface area (Å²) in [6.45, 7) is 4.54. The quantitative estimate of drug-likeness (QED) is 0.420. The molecule has 4 rings (SSSR count). The van der Waals surface area contributed by atoms with E-state index in [0.29, 0.717) is 12.4 Å². The van der Waals surface area contributed by atoms with Crippen LogP contribution in [0.5, 0.6) is 5.75 Å². The van der Waals surface area contributed by atoms with Crippen LogP contribution in [0.4, 0.5) is 5.82 Å². The van der Waals surface area contributed by atoms with E-state index in [1.54, 1.807) is 6.21 Å². The summed E-state index contributed by atoms with van der Waals surface area (Å²) >= 11 is 0. The van der Waals surface area contributed by atoms with Gasteiger partial charge in [0, 0.05) is 17.8 Å². The zero-order chi connectivity index (χ0) is 20.1. The van der Waals surface area contributed by atoms with E-state index in [1.807, 2.05) is 66.2 Å². The molecule has 0 aliphatic rings. The fraction of sp³-hybridized carbons (Fsp3) is 0.120. The lowest BCUT2D eigenvalue weighted by Crippen LogP contribution is -1.96. The van der Waals surface area contributed by atoms with E-state index in [2.05, 4.69) is 47.3 Å². The third kappa shape index (κ3) is 4.72. The Morgan fingerprint density at radius 3 is 2.59 bits per heavy atom. The number of ether oxygens (including phenoxy) is 1. The standard InChI is InChI=1S/C25H21N3O/c1-19-7-6-8-22(15-19)18-29-24-13-11-21(12-14-24)17-26-25-16-20(2)27-28(25)23-9-4-3-5-10-23/h3-11,13,15-17H,18H2,1-2H3. The topological polar surface area (TPSA) is 39.4 Å². The van der Waals surface area contributed by atoms with Gasteiger partial charge in [-0.25, -0.2) is 9.67 Å². The summed E-state index contributed by atoms with van der Waals surface area (Å²) in [5.41, 5.74) is 5.07. The maximum absolute atomic E-state index is 5.80. The van der Waals surface area contributed by atoms with Crippen LogP contribution in [-0.4, -0.2) is 16.0 Å². The molecule has 4 nitrogen and oxygen atoms in total. The largest absolute Gasteiger partial charge is 0.481 e. The molecule has 0 bridgehead atoms. The Morgan fingerprint density at radius 1 is 0.966 bits per heavy atom. The number of hydrogen-bond acceptors (Lipinski definition) is 3. The van der Waals surface area contributed by atoms with Crippen LogP contribution in [0.25, 0.3) is 5.69 Å². The van der Waals surface area contributed by atoms with Gasteiger partial charge in [0.1, 0.15) is 6.61 Å². The first-order chi connectivity index (χ1) is 14.2. The van der Waals surface area contributed by atoms with E-state index >= 15 is 0 Å². The molecule has 1 aromatic heterocycles. The molecule has 1 heterocycles. The monoisotopic (exact) mass is 379 g/mol. The maximum Gasteiger partial charge on any atom is 0.170 e. The van der Waals surface area contributed by atoms with Gasteiger partial charge in [0.15, 0.2) is 11.6 Å². The van der Waals surface area contributed by atoms with Gasteiger partial charge in [0.05, 0.1) is 11.4 Å². The third-order valence-electron chi connectivity index (χ3n) is 4.37. The molecule has 0 saturated carbocycles. The van der Waals surface area contributed by atoms with Crippen molar-refractivity contribution in [3.63, 3.8) is 0 Å². The minimum absolute atomic E-state index is 0.509. The highest BCUT2D eigenvalue weighted by Gasteiger charge is 2.05. The van der Waals surface area contributed by atoms with Gasteiger partial charge >= 0.3 is 0 Å². The molecule has 0 N–H and O–H groups in total. The summed E-state index contributed by atoms with van der Waals surface area (Å²) in [6, 6.07) is 30.1. The molecule has 0 atom stereocenters. The van der Waals surface area contributed by atoms with Crippen LogP contribution in [0.15, 0.2) is 77.8 Å². The minimum atomic E-state index is 0.509. The van der Waals surface area contributed by atoms with E-state index in [9.17, 15) is 0 Å². The van der Waals surface area contributed by atoms with Gasteiger partial charge in [-0.15, -0.1) is 0 Å². The number of nitrogens with zero attached hydrogens (tertiary/aromatic N) is 3. The van der Waals surface area contributed by atoms with Gasteiger partial charge in [-0.05, 0) is 49.7 Å². The van der Waals surface area contributed by atoms with Crippen molar-refractivity contribution in [2.45, 2.75) is 20.5 Å². The Balaban J connectivity index is 1.45. The van der Waals surface area contributed by atoms with E-state index < -0.39 is 0 Å². The average Bonchev–Trinajstić information content (AvgIpc) is 3.13. The van der Waals surface area contributed by atoms with Crippen molar-refractivity contribution in [1.82, 2.24) is 9.78 Å². The van der Waals surface area contributed by atoms with Crippen LogP contribution >= 0.6 is 0 Å². The number of aryl methyl sites for hydroxylation is 2. The van der Waals surface area contributed by atoms with Crippen molar-refractivity contribution in [2.75, 3.05) is 0 Å². The summed E-state index contributed by atoms with van der Waals surface area (Å²) in [5.74, 6) is 1.43. The molecule has 142 valence electrons. The van der Waals surface area contributed by atoms with Crippen molar-refractivity contribution in [3.05, 3.63) is 107 Å². The highest BCUT2D eigenvalue weighted by molar-refractivity contribution is 5.80. The van der Waals surface area contributed by atoms with E-state index in [1.165, 1.54) is 5.56 Å². The van der Waals surface area contributed by atoms with Crippen molar-refractivity contribution in [1.29, 1.82) is 0 Å². The highest BCUT2D eigenvalue weighted by Crippen LogP contribution is 2.19. The molecular formula is C25H21N3O. The predicted molar refractivity (Wildman–Crippen MR) is 115 cm³/mol. The second-order valence-corrected chi connectivity index (χ2v) is 6.83. The Bertz CT molecular complexity index is 1110. The lowest BCUT2D eigenvalue weighted by molar-refractivity contribution is 0.306. The fourth-order valence-electron chi connectivity index (χ4n) is 2.98. The molecule has 0 amide bonds. The Morgan fingerprint density at radius 2 is 1.83 bits per heavy atom. The normalized spacial score (nSPS) is 10.8.